The van der Waals surface area contributed by atoms with E-state index >= 15 is 0 Å². The number of nitrogens with two attached hydrogens (primary N) is 1. The summed E-state index contributed by atoms with van der Waals surface area (Å²) in [5.74, 6) is -0.0383. The number of rotatable bonds is 6. The molecule has 0 amide bonds. The average molecular weight is 254 g/mol. The van der Waals surface area contributed by atoms with Gasteiger partial charge in [-0.25, -0.2) is 0 Å². The lowest BCUT2D eigenvalue weighted by atomic mass is 10.3. The van der Waals surface area contributed by atoms with Gasteiger partial charge >= 0.3 is 0 Å². The lowest BCUT2D eigenvalue weighted by Crippen LogP contribution is -2.32. The van der Waals surface area contributed by atoms with E-state index in [1.807, 2.05) is 11.9 Å². The third-order valence-electron chi connectivity index (χ3n) is 2.40. The molecule has 7 nitrogen and oxygen atoms in total. The Labute approximate surface area is 105 Å². The lowest BCUT2D eigenvalue weighted by molar-refractivity contribution is 0.0695. The third kappa shape index (κ3) is 3.86. The summed E-state index contributed by atoms with van der Waals surface area (Å²) in [7, 11) is 3.37. The van der Waals surface area contributed by atoms with Crippen molar-refractivity contribution in [3.05, 3.63) is 24.0 Å². The molecule has 7 heteroatoms. The minimum atomic E-state index is -0.566. The normalized spacial score (nSPS) is 13.4. The van der Waals surface area contributed by atoms with Gasteiger partial charge in [0.2, 0.25) is 0 Å². The Kier molecular flexibility index (Phi) is 5.34. The second-order valence-electron chi connectivity index (χ2n) is 3.88. The number of aliphatic hydroxyl groups is 1. The molecule has 0 radical (unpaired) electrons. The molecule has 1 aromatic heterocycles. The van der Waals surface area contributed by atoms with Crippen LogP contribution in [-0.2, 0) is 4.74 Å². The van der Waals surface area contributed by atoms with Crippen LogP contribution in [0.5, 0.6) is 0 Å². The van der Waals surface area contributed by atoms with Gasteiger partial charge in [0, 0.05) is 20.7 Å². The monoisotopic (exact) mass is 254 g/mol. The molecule has 0 saturated carbocycles. The van der Waals surface area contributed by atoms with E-state index in [2.05, 4.69) is 10.1 Å². The van der Waals surface area contributed by atoms with E-state index in [9.17, 15) is 5.11 Å². The number of hydrogen-bond donors (Lipinski definition) is 3. The van der Waals surface area contributed by atoms with Crippen molar-refractivity contribution in [3.63, 3.8) is 0 Å². The van der Waals surface area contributed by atoms with E-state index in [0.717, 1.165) is 5.69 Å². The molecule has 1 unspecified atom stereocenters. The molecule has 0 aromatic carbocycles. The molecule has 0 saturated heterocycles. The average Bonchev–Trinajstić information content (AvgIpc) is 2.38. The molecule has 18 heavy (non-hydrogen) atoms. The van der Waals surface area contributed by atoms with E-state index in [4.69, 9.17) is 15.7 Å². The molecule has 100 valence electrons. The van der Waals surface area contributed by atoms with Crippen molar-refractivity contribution >= 4 is 11.5 Å². The maximum absolute atomic E-state index is 9.60. The maximum atomic E-state index is 9.60. The Hall–Kier alpha value is -1.86. The van der Waals surface area contributed by atoms with Gasteiger partial charge in [-0.1, -0.05) is 5.16 Å². The van der Waals surface area contributed by atoms with Crippen LogP contribution in [0, 0.1) is 0 Å². The Balaban J connectivity index is 2.67. The molecule has 0 aliphatic carbocycles. The highest BCUT2D eigenvalue weighted by Crippen LogP contribution is 2.11. The highest BCUT2D eigenvalue weighted by Gasteiger charge is 2.09. The Bertz CT molecular complexity index is 394. The minimum Gasteiger partial charge on any atom is -0.409 e. The van der Waals surface area contributed by atoms with Gasteiger partial charge in [0.05, 0.1) is 24.6 Å². The zero-order valence-electron chi connectivity index (χ0n) is 10.4. The minimum absolute atomic E-state index is 0.0383. The number of oxime groups is 1. The number of nitrogens with zero attached hydrogens (tertiary/aromatic N) is 3. The summed E-state index contributed by atoms with van der Waals surface area (Å²) in [6, 6.07) is 3.42. The summed E-state index contributed by atoms with van der Waals surface area (Å²) in [4.78, 5) is 5.89. The standard InChI is InChI=1S/C11H18N4O3/c1-15(6-9(16)7-18-2)8-3-4-10(13-5-8)11(12)14-17/h3-5,9,16-17H,6-7H2,1-2H3,(H2,12,14). The molecule has 1 heterocycles. The molecule has 1 rings (SSSR count). The highest BCUT2D eigenvalue weighted by atomic mass is 16.5. The Morgan fingerprint density at radius 1 is 1.61 bits per heavy atom. The second-order valence-corrected chi connectivity index (χ2v) is 3.88. The second kappa shape index (κ2) is 6.77. The van der Waals surface area contributed by atoms with Crippen LogP contribution >= 0.6 is 0 Å². The van der Waals surface area contributed by atoms with Crippen molar-refractivity contribution in [2.75, 3.05) is 32.2 Å². The van der Waals surface area contributed by atoms with Gasteiger partial charge in [-0.05, 0) is 12.1 Å². The first-order valence-corrected chi connectivity index (χ1v) is 5.40. The molecule has 4 N–H and O–H groups in total. The molecule has 1 atom stereocenters. The number of aromatic nitrogens is 1. The molecule has 0 aliphatic heterocycles. The molecule has 0 bridgehead atoms. The number of anilines is 1. The number of hydrogen-bond acceptors (Lipinski definition) is 6. The summed E-state index contributed by atoms with van der Waals surface area (Å²) >= 11 is 0. The number of likely N-dealkylation sites (N-methyl/N-ethyl adjacent to an activating group) is 1. The summed E-state index contributed by atoms with van der Waals surface area (Å²) < 4.78 is 4.85. The van der Waals surface area contributed by atoms with E-state index < -0.39 is 6.10 Å². The van der Waals surface area contributed by atoms with Crippen molar-refractivity contribution in [3.8, 4) is 0 Å². The maximum Gasteiger partial charge on any atom is 0.188 e. The number of pyridine rings is 1. The summed E-state index contributed by atoms with van der Waals surface area (Å²) in [6.07, 6.45) is 1.02. The number of aliphatic hydroxyl groups excluding tert-OH is 1. The topological polar surface area (TPSA) is 104 Å². The fourth-order valence-electron chi connectivity index (χ4n) is 1.48. The van der Waals surface area contributed by atoms with Crippen LogP contribution in [0.2, 0.25) is 0 Å². The van der Waals surface area contributed by atoms with Crippen LogP contribution in [-0.4, -0.2) is 54.5 Å². The van der Waals surface area contributed by atoms with Crippen molar-refractivity contribution in [1.82, 2.24) is 4.98 Å². The zero-order valence-corrected chi connectivity index (χ0v) is 10.4. The quantitative estimate of drug-likeness (QED) is 0.277. The van der Waals surface area contributed by atoms with E-state index in [-0.39, 0.29) is 12.4 Å². The Morgan fingerprint density at radius 3 is 2.83 bits per heavy atom. The van der Waals surface area contributed by atoms with Crippen LogP contribution in [0.4, 0.5) is 5.69 Å². The molecular weight excluding hydrogens is 236 g/mol. The van der Waals surface area contributed by atoms with Gasteiger partial charge < -0.3 is 25.7 Å². The van der Waals surface area contributed by atoms with Crippen LogP contribution in [0.15, 0.2) is 23.5 Å². The van der Waals surface area contributed by atoms with Crippen molar-refractivity contribution in [2.24, 2.45) is 10.9 Å². The summed E-state index contributed by atoms with van der Waals surface area (Å²) in [5, 5.41) is 21.0. The fourth-order valence-corrected chi connectivity index (χ4v) is 1.48. The van der Waals surface area contributed by atoms with Gasteiger partial charge in [0.25, 0.3) is 0 Å². The van der Waals surface area contributed by atoms with Gasteiger partial charge in [-0.2, -0.15) is 0 Å². The zero-order chi connectivity index (χ0) is 13.5. The van der Waals surface area contributed by atoms with E-state index in [0.29, 0.717) is 12.2 Å². The van der Waals surface area contributed by atoms with Crippen LogP contribution in [0.1, 0.15) is 5.69 Å². The van der Waals surface area contributed by atoms with E-state index in [1.165, 1.54) is 7.11 Å². The number of amidine groups is 1. The largest absolute Gasteiger partial charge is 0.409 e. The third-order valence-corrected chi connectivity index (χ3v) is 2.40. The number of ether oxygens (including phenoxy) is 1. The molecule has 0 fully saturated rings. The fraction of sp³-hybridized carbons (Fsp3) is 0.455. The SMILES string of the molecule is COCC(O)CN(C)c1ccc(/C(N)=N/O)nc1. The first-order chi connectivity index (χ1) is 8.58. The predicted molar refractivity (Wildman–Crippen MR) is 67.9 cm³/mol. The van der Waals surface area contributed by atoms with Crippen molar-refractivity contribution in [2.45, 2.75) is 6.10 Å². The van der Waals surface area contributed by atoms with Crippen molar-refractivity contribution in [1.29, 1.82) is 0 Å². The Morgan fingerprint density at radius 2 is 2.33 bits per heavy atom. The predicted octanol–water partition coefficient (Wildman–Crippen LogP) is -0.380. The van der Waals surface area contributed by atoms with Crippen LogP contribution in [0.25, 0.3) is 0 Å². The van der Waals surface area contributed by atoms with Crippen molar-refractivity contribution < 1.29 is 15.1 Å². The molecular formula is C11H18N4O3. The first kappa shape index (κ1) is 14.2. The first-order valence-electron chi connectivity index (χ1n) is 5.40. The summed E-state index contributed by atoms with van der Waals surface area (Å²) in [6.45, 7) is 0.707. The van der Waals surface area contributed by atoms with E-state index in [1.54, 1.807) is 18.3 Å². The molecule has 1 aromatic rings. The van der Waals surface area contributed by atoms with Gasteiger partial charge in [0.1, 0.15) is 5.69 Å². The highest BCUT2D eigenvalue weighted by molar-refractivity contribution is 5.95. The van der Waals surface area contributed by atoms with Gasteiger partial charge in [-0.15, -0.1) is 0 Å². The summed E-state index contributed by atoms with van der Waals surface area (Å²) in [5.41, 5.74) is 6.62. The molecule has 0 aliphatic rings. The number of methoxy groups -OCH3 is 1. The molecule has 0 spiro atoms. The van der Waals surface area contributed by atoms with Gasteiger partial charge in [0.15, 0.2) is 5.84 Å². The smallest absolute Gasteiger partial charge is 0.188 e. The lowest BCUT2D eigenvalue weighted by Gasteiger charge is -2.22. The van der Waals surface area contributed by atoms with Crippen LogP contribution < -0.4 is 10.6 Å². The van der Waals surface area contributed by atoms with Gasteiger partial charge in [-0.3, -0.25) is 4.98 Å². The van der Waals surface area contributed by atoms with Crippen LogP contribution in [0.3, 0.4) is 0 Å².